The molecule has 0 fully saturated rings. The van der Waals surface area contributed by atoms with Gasteiger partial charge in [-0.25, -0.2) is 0 Å². The van der Waals surface area contributed by atoms with Crippen LogP contribution < -0.4 is 24.4 Å². The number of nitrogens with zero attached hydrogens (tertiary/aromatic N) is 1. The van der Waals surface area contributed by atoms with Gasteiger partial charge in [0.05, 0.1) is 53.4 Å². The molecule has 41 heavy (non-hydrogen) atoms. The molecule has 10 heteroatoms. The average Bonchev–Trinajstić information content (AvgIpc) is 2.96. The van der Waals surface area contributed by atoms with Crippen LogP contribution >= 0.6 is 0 Å². The lowest BCUT2D eigenvalue weighted by Gasteiger charge is -2.29. The van der Waals surface area contributed by atoms with Crippen LogP contribution in [0.2, 0.25) is 0 Å². The Morgan fingerprint density at radius 3 is 2.24 bits per heavy atom. The molecule has 0 saturated heterocycles. The van der Waals surface area contributed by atoms with Gasteiger partial charge in [0.2, 0.25) is 11.2 Å². The Bertz CT molecular complexity index is 1450. The molecule has 0 aliphatic carbocycles. The van der Waals surface area contributed by atoms with Crippen molar-refractivity contribution in [3.63, 3.8) is 0 Å². The van der Waals surface area contributed by atoms with Gasteiger partial charge in [-0.3, -0.25) is 14.5 Å². The van der Waals surface area contributed by atoms with Crippen LogP contribution in [0.15, 0.2) is 45.6 Å². The van der Waals surface area contributed by atoms with Crippen LogP contribution in [0.1, 0.15) is 54.4 Å². The highest BCUT2D eigenvalue weighted by Crippen LogP contribution is 2.39. The molecule has 0 bridgehead atoms. The van der Waals surface area contributed by atoms with Crippen molar-refractivity contribution in [1.29, 1.82) is 0 Å². The molecule has 0 saturated carbocycles. The summed E-state index contributed by atoms with van der Waals surface area (Å²) in [4.78, 5) is 27.5. The molecule has 0 amide bonds. The number of carbonyl (C=O) groups is 1. The number of rotatable bonds is 11. The lowest BCUT2D eigenvalue weighted by atomic mass is 9.91. The average molecular weight is 568 g/mol. The Balaban J connectivity index is 1.67. The van der Waals surface area contributed by atoms with Crippen molar-refractivity contribution >= 4 is 5.97 Å². The van der Waals surface area contributed by atoms with Gasteiger partial charge in [0.15, 0.2) is 28.8 Å². The molecule has 10 nitrogen and oxygen atoms in total. The quantitative estimate of drug-likeness (QED) is 0.334. The fourth-order valence-corrected chi connectivity index (χ4v) is 5.03. The molecular formula is C31H37NO9. The van der Waals surface area contributed by atoms with Crippen LogP contribution in [0, 0.1) is 0 Å². The van der Waals surface area contributed by atoms with Gasteiger partial charge in [0.25, 0.3) is 0 Å². The first kappa shape index (κ1) is 29.8. The predicted octanol–water partition coefficient (Wildman–Crippen LogP) is 4.41. The summed E-state index contributed by atoms with van der Waals surface area (Å²) in [5.41, 5.74) is 2.26. The summed E-state index contributed by atoms with van der Waals surface area (Å²) >= 11 is 0. The number of carbonyl (C=O) groups excluding carboxylic acids is 1. The monoisotopic (exact) mass is 567 g/mol. The summed E-state index contributed by atoms with van der Waals surface area (Å²) < 4.78 is 33.3. The second-order valence-corrected chi connectivity index (χ2v) is 10.1. The van der Waals surface area contributed by atoms with E-state index < -0.39 is 23.1 Å². The van der Waals surface area contributed by atoms with E-state index in [0.29, 0.717) is 47.4 Å². The van der Waals surface area contributed by atoms with E-state index in [1.54, 1.807) is 32.4 Å². The largest absolute Gasteiger partial charge is 0.502 e. The van der Waals surface area contributed by atoms with Gasteiger partial charge in [-0.2, -0.15) is 0 Å². The Labute approximate surface area is 239 Å². The van der Waals surface area contributed by atoms with Gasteiger partial charge in [-0.1, -0.05) is 6.07 Å². The molecule has 1 aromatic heterocycles. The fourth-order valence-electron chi connectivity index (χ4n) is 5.03. The molecule has 2 aromatic carbocycles. The number of ether oxygens (including phenoxy) is 5. The van der Waals surface area contributed by atoms with Crippen molar-refractivity contribution in [3.8, 4) is 28.7 Å². The lowest BCUT2D eigenvalue weighted by molar-refractivity contribution is -0.140. The Kier molecular flexibility index (Phi) is 9.44. The van der Waals surface area contributed by atoms with E-state index in [4.69, 9.17) is 28.1 Å². The first-order valence-corrected chi connectivity index (χ1v) is 13.4. The number of fused-ring (bicyclic) bond motifs is 1. The molecule has 1 N–H and O–H groups in total. The van der Waals surface area contributed by atoms with Crippen LogP contribution in [0.3, 0.4) is 0 Å². The molecule has 3 aromatic rings. The van der Waals surface area contributed by atoms with Gasteiger partial charge in [-0.15, -0.1) is 0 Å². The first-order chi connectivity index (χ1) is 19.7. The molecule has 1 aliphatic heterocycles. The Morgan fingerprint density at radius 1 is 0.951 bits per heavy atom. The molecule has 0 spiro atoms. The Hall–Kier alpha value is -4.18. The number of hydrogen-bond donors (Lipinski definition) is 1. The summed E-state index contributed by atoms with van der Waals surface area (Å²) in [6.07, 6.45) is 0.535. The summed E-state index contributed by atoms with van der Waals surface area (Å²) in [6.45, 7) is 5.46. The zero-order valence-corrected chi connectivity index (χ0v) is 24.3. The molecule has 0 radical (unpaired) electrons. The Morgan fingerprint density at radius 2 is 1.61 bits per heavy atom. The molecule has 220 valence electrons. The number of hydrogen-bond acceptors (Lipinski definition) is 10. The SMILES string of the molecule is COC(=O)CC(c1ccc(OC(C)C)c(OC)c1)c1oc(CN2CCc3cc(OC)c(OC)cc3C2)cc(=O)c1O. The highest BCUT2D eigenvalue weighted by Gasteiger charge is 2.28. The van der Waals surface area contributed by atoms with Crippen molar-refractivity contribution < 1.29 is 38.0 Å². The highest BCUT2D eigenvalue weighted by molar-refractivity contribution is 5.71. The van der Waals surface area contributed by atoms with E-state index in [9.17, 15) is 14.7 Å². The van der Waals surface area contributed by atoms with Gasteiger partial charge in [0, 0.05) is 19.2 Å². The van der Waals surface area contributed by atoms with E-state index in [0.717, 1.165) is 18.5 Å². The van der Waals surface area contributed by atoms with Crippen molar-refractivity contribution in [1.82, 2.24) is 4.90 Å². The van der Waals surface area contributed by atoms with Gasteiger partial charge in [-0.05, 0) is 61.2 Å². The zero-order valence-electron chi connectivity index (χ0n) is 24.3. The number of benzene rings is 2. The van der Waals surface area contributed by atoms with E-state index in [2.05, 4.69) is 4.90 Å². The zero-order chi connectivity index (χ0) is 29.7. The molecule has 2 heterocycles. The van der Waals surface area contributed by atoms with Crippen molar-refractivity contribution in [2.75, 3.05) is 35.0 Å². The standard InChI is InChI=1S/C31H37NO9/c1-18(2)40-25-8-7-20(12-26(25)36-3)23(15-29(34)39-6)31-30(35)24(33)14-22(41-31)17-32-10-9-19-11-27(37-4)28(38-5)13-21(19)16-32/h7-8,11-14,18,23,35H,9-10,15-17H2,1-6H3. The van der Waals surface area contributed by atoms with Gasteiger partial charge in [0.1, 0.15) is 5.76 Å². The van der Waals surface area contributed by atoms with Gasteiger partial charge >= 0.3 is 5.97 Å². The molecule has 1 atom stereocenters. The third-order valence-electron chi connectivity index (χ3n) is 7.04. The maximum atomic E-state index is 12.9. The minimum Gasteiger partial charge on any atom is -0.502 e. The number of aromatic hydroxyl groups is 1. The summed E-state index contributed by atoms with van der Waals surface area (Å²) in [7, 11) is 6.01. The van der Waals surface area contributed by atoms with Crippen molar-refractivity contribution in [2.45, 2.75) is 51.8 Å². The van der Waals surface area contributed by atoms with Crippen LogP contribution in [-0.4, -0.2) is 57.1 Å². The number of methoxy groups -OCH3 is 4. The minimum absolute atomic E-state index is 0.0127. The van der Waals surface area contributed by atoms with Crippen LogP contribution in [0.25, 0.3) is 0 Å². The second kappa shape index (κ2) is 13.0. The van der Waals surface area contributed by atoms with E-state index in [1.165, 1.54) is 25.8 Å². The lowest BCUT2D eigenvalue weighted by Crippen LogP contribution is -2.30. The third kappa shape index (κ3) is 6.77. The van der Waals surface area contributed by atoms with Crippen molar-refractivity contribution in [3.05, 3.63) is 74.8 Å². The minimum atomic E-state index is -0.809. The second-order valence-electron chi connectivity index (χ2n) is 10.1. The van der Waals surface area contributed by atoms with E-state index >= 15 is 0 Å². The van der Waals surface area contributed by atoms with Crippen molar-refractivity contribution in [2.24, 2.45) is 0 Å². The van der Waals surface area contributed by atoms with Crippen LogP contribution in [0.4, 0.5) is 0 Å². The first-order valence-electron chi connectivity index (χ1n) is 13.4. The molecule has 1 aliphatic rings. The molecule has 1 unspecified atom stereocenters. The maximum Gasteiger partial charge on any atom is 0.306 e. The predicted molar refractivity (Wildman–Crippen MR) is 151 cm³/mol. The van der Waals surface area contributed by atoms with E-state index in [1.807, 2.05) is 26.0 Å². The van der Waals surface area contributed by atoms with Gasteiger partial charge < -0.3 is 33.2 Å². The molecule has 4 rings (SSSR count). The summed E-state index contributed by atoms with van der Waals surface area (Å²) in [5.74, 6) is 0.782. The van der Waals surface area contributed by atoms with Crippen LogP contribution in [0.5, 0.6) is 28.7 Å². The topological polar surface area (TPSA) is 117 Å². The highest BCUT2D eigenvalue weighted by atomic mass is 16.5. The number of esters is 1. The van der Waals surface area contributed by atoms with E-state index in [-0.39, 0.29) is 18.3 Å². The van der Waals surface area contributed by atoms with Crippen LogP contribution in [-0.2, 0) is 29.0 Å². The fraction of sp³-hybridized carbons (Fsp3) is 0.419. The third-order valence-corrected chi connectivity index (χ3v) is 7.04. The summed E-state index contributed by atoms with van der Waals surface area (Å²) in [6, 6.07) is 10.4. The smallest absolute Gasteiger partial charge is 0.306 e. The molecular weight excluding hydrogens is 530 g/mol. The normalized spacial score (nSPS) is 13.8. The maximum absolute atomic E-state index is 12.9. The summed E-state index contributed by atoms with van der Waals surface area (Å²) in [5, 5.41) is 10.8.